The fourth-order valence-corrected chi connectivity index (χ4v) is 3.35. The lowest BCUT2D eigenvalue weighted by Crippen LogP contribution is -2.54. The van der Waals surface area contributed by atoms with Gasteiger partial charge in [-0.3, -0.25) is 0 Å². The highest BCUT2D eigenvalue weighted by molar-refractivity contribution is 5.28. The van der Waals surface area contributed by atoms with Crippen molar-refractivity contribution in [3.63, 3.8) is 0 Å². The van der Waals surface area contributed by atoms with E-state index in [0.29, 0.717) is 11.5 Å². The number of aryl methyl sites for hydroxylation is 1. The Labute approximate surface area is 123 Å². The Balaban J connectivity index is 2.12. The van der Waals surface area contributed by atoms with Crippen molar-refractivity contribution >= 4 is 0 Å². The molecule has 1 aliphatic carbocycles. The molecule has 0 saturated heterocycles. The molecule has 1 aromatic carbocycles. The third-order valence-corrected chi connectivity index (χ3v) is 4.54. The molecule has 0 aromatic heterocycles. The Morgan fingerprint density at radius 3 is 2.80 bits per heavy atom. The molecule has 2 nitrogen and oxygen atoms in total. The zero-order valence-electron chi connectivity index (χ0n) is 13.4. The van der Waals surface area contributed by atoms with Crippen LogP contribution in [0.5, 0.6) is 5.75 Å². The minimum atomic E-state index is 0.283. The summed E-state index contributed by atoms with van der Waals surface area (Å²) >= 11 is 0. The fourth-order valence-electron chi connectivity index (χ4n) is 3.35. The van der Waals surface area contributed by atoms with Crippen molar-refractivity contribution in [2.45, 2.75) is 65.5 Å². The normalized spacial score (nSPS) is 25.4. The van der Waals surface area contributed by atoms with Gasteiger partial charge in [-0.15, -0.1) is 0 Å². The molecule has 0 aliphatic heterocycles. The Hall–Kier alpha value is -1.02. The van der Waals surface area contributed by atoms with E-state index in [1.54, 1.807) is 0 Å². The van der Waals surface area contributed by atoms with Crippen molar-refractivity contribution in [1.29, 1.82) is 0 Å². The maximum Gasteiger partial charge on any atom is 0.120 e. The summed E-state index contributed by atoms with van der Waals surface area (Å²) in [6.07, 6.45) is 5.03. The summed E-state index contributed by atoms with van der Waals surface area (Å²) in [5.74, 6) is 1.02. The molecular formula is C18H29NO. The van der Waals surface area contributed by atoms with E-state index in [1.807, 2.05) is 0 Å². The number of ether oxygens (including phenoxy) is 1. The van der Waals surface area contributed by atoms with E-state index in [4.69, 9.17) is 4.74 Å². The lowest BCUT2D eigenvalue weighted by molar-refractivity contribution is 0.0372. The molecule has 0 spiro atoms. The molecule has 20 heavy (non-hydrogen) atoms. The summed E-state index contributed by atoms with van der Waals surface area (Å²) in [5.41, 5.74) is 1.65. The second-order valence-corrected chi connectivity index (χ2v) is 6.57. The van der Waals surface area contributed by atoms with Crippen molar-refractivity contribution in [2.75, 3.05) is 6.54 Å². The van der Waals surface area contributed by atoms with Gasteiger partial charge in [0.05, 0.1) is 0 Å². The zero-order chi connectivity index (χ0) is 14.6. The standard InChI is InChI=1S/C18H29NO/c1-5-14-9-7-10-15(13-14)20-16-11-8-12-18(3,4)17(16)19-6-2/h7,9-10,13,16-17,19H,5-6,8,11-12H2,1-4H3. The zero-order valence-corrected chi connectivity index (χ0v) is 13.4. The molecule has 2 heteroatoms. The number of rotatable bonds is 5. The summed E-state index contributed by atoms with van der Waals surface area (Å²) in [5, 5.41) is 3.65. The molecule has 0 amide bonds. The first-order valence-corrected chi connectivity index (χ1v) is 8.05. The van der Waals surface area contributed by atoms with Crippen LogP contribution in [0.15, 0.2) is 24.3 Å². The third kappa shape index (κ3) is 3.54. The van der Waals surface area contributed by atoms with Crippen LogP contribution in [0.25, 0.3) is 0 Å². The summed E-state index contributed by atoms with van der Waals surface area (Å²) < 4.78 is 6.34. The predicted molar refractivity (Wildman–Crippen MR) is 85.3 cm³/mol. The molecule has 2 rings (SSSR count). The van der Waals surface area contributed by atoms with Gasteiger partial charge in [-0.05, 0) is 55.3 Å². The smallest absolute Gasteiger partial charge is 0.120 e. The molecule has 0 heterocycles. The van der Waals surface area contributed by atoms with Gasteiger partial charge in [0.1, 0.15) is 11.9 Å². The quantitative estimate of drug-likeness (QED) is 0.870. The Kier molecular flexibility index (Phi) is 5.09. The highest BCUT2D eigenvalue weighted by Crippen LogP contribution is 2.37. The van der Waals surface area contributed by atoms with Gasteiger partial charge >= 0.3 is 0 Å². The Bertz CT molecular complexity index is 427. The van der Waals surface area contributed by atoms with Gasteiger partial charge in [-0.25, -0.2) is 0 Å². The summed E-state index contributed by atoms with van der Waals surface area (Å²) in [6.45, 7) is 10.1. The monoisotopic (exact) mass is 275 g/mol. The van der Waals surface area contributed by atoms with Crippen LogP contribution < -0.4 is 10.1 Å². The van der Waals surface area contributed by atoms with Crippen molar-refractivity contribution in [2.24, 2.45) is 5.41 Å². The van der Waals surface area contributed by atoms with Crippen molar-refractivity contribution in [3.8, 4) is 5.75 Å². The van der Waals surface area contributed by atoms with Crippen LogP contribution in [0.3, 0.4) is 0 Å². The SMILES string of the molecule is CCNC1C(Oc2cccc(CC)c2)CCCC1(C)C. The first-order chi connectivity index (χ1) is 9.56. The Morgan fingerprint density at radius 1 is 1.30 bits per heavy atom. The maximum atomic E-state index is 6.34. The van der Waals surface area contributed by atoms with Gasteiger partial charge in [0.15, 0.2) is 0 Å². The Morgan fingerprint density at radius 2 is 2.10 bits per heavy atom. The molecule has 1 fully saturated rings. The molecule has 0 bridgehead atoms. The van der Waals surface area contributed by atoms with Gasteiger partial charge in [0, 0.05) is 6.04 Å². The maximum absolute atomic E-state index is 6.34. The van der Waals surface area contributed by atoms with Gasteiger partial charge in [0.25, 0.3) is 0 Å². The van der Waals surface area contributed by atoms with E-state index in [0.717, 1.165) is 25.1 Å². The topological polar surface area (TPSA) is 21.3 Å². The number of nitrogens with one attached hydrogen (secondary N) is 1. The average molecular weight is 275 g/mol. The number of hydrogen-bond acceptors (Lipinski definition) is 2. The van der Waals surface area contributed by atoms with Crippen LogP contribution in [-0.2, 0) is 6.42 Å². The molecule has 112 valence electrons. The summed E-state index contributed by atoms with van der Waals surface area (Å²) in [4.78, 5) is 0. The second kappa shape index (κ2) is 6.62. The molecule has 2 unspecified atom stereocenters. The summed E-state index contributed by atoms with van der Waals surface area (Å²) in [6, 6.07) is 8.98. The molecule has 1 N–H and O–H groups in total. The van der Waals surface area contributed by atoms with Crippen LogP contribution in [0.2, 0.25) is 0 Å². The van der Waals surface area contributed by atoms with Crippen molar-refractivity contribution in [1.82, 2.24) is 5.32 Å². The third-order valence-electron chi connectivity index (χ3n) is 4.54. The van der Waals surface area contributed by atoms with E-state index < -0.39 is 0 Å². The average Bonchev–Trinajstić information content (AvgIpc) is 2.43. The lowest BCUT2D eigenvalue weighted by atomic mass is 9.71. The van der Waals surface area contributed by atoms with Gasteiger partial charge < -0.3 is 10.1 Å². The van der Waals surface area contributed by atoms with E-state index in [1.165, 1.54) is 18.4 Å². The van der Waals surface area contributed by atoms with Gasteiger partial charge in [-0.2, -0.15) is 0 Å². The molecule has 0 radical (unpaired) electrons. The first-order valence-electron chi connectivity index (χ1n) is 8.05. The molecule has 1 aliphatic rings. The van der Waals surface area contributed by atoms with Crippen LogP contribution in [0.1, 0.15) is 52.5 Å². The lowest BCUT2D eigenvalue weighted by Gasteiger charge is -2.44. The van der Waals surface area contributed by atoms with Gasteiger partial charge in [-0.1, -0.05) is 39.8 Å². The minimum Gasteiger partial charge on any atom is -0.489 e. The number of hydrogen-bond donors (Lipinski definition) is 1. The molecule has 1 saturated carbocycles. The van der Waals surface area contributed by atoms with E-state index >= 15 is 0 Å². The molecule has 1 aromatic rings. The largest absolute Gasteiger partial charge is 0.489 e. The van der Waals surface area contributed by atoms with Crippen LogP contribution in [0, 0.1) is 5.41 Å². The van der Waals surface area contributed by atoms with E-state index in [9.17, 15) is 0 Å². The van der Waals surface area contributed by atoms with Crippen molar-refractivity contribution < 1.29 is 4.74 Å². The van der Waals surface area contributed by atoms with E-state index in [-0.39, 0.29) is 6.10 Å². The summed E-state index contributed by atoms with van der Waals surface area (Å²) in [7, 11) is 0. The highest BCUT2D eigenvalue weighted by Gasteiger charge is 2.39. The highest BCUT2D eigenvalue weighted by atomic mass is 16.5. The van der Waals surface area contributed by atoms with E-state index in [2.05, 4.69) is 57.3 Å². The van der Waals surface area contributed by atoms with Crippen LogP contribution in [0.4, 0.5) is 0 Å². The number of likely N-dealkylation sites (N-methyl/N-ethyl adjacent to an activating group) is 1. The number of benzene rings is 1. The second-order valence-electron chi connectivity index (χ2n) is 6.57. The fraction of sp³-hybridized carbons (Fsp3) is 0.667. The predicted octanol–water partition coefficient (Wildman–Crippen LogP) is 4.18. The molecule has 2 atom stereocenters. The van der Waals surface area contributed by atoms with Crippen LogP contribution in [-0.4, -0.2) is 18.7 Å². The van der Waals surface area contributed by atoms with Crippen LogP contribution >= 0.6 is 0 Å². The molecular weight excluding hydrogens is 246 g/mol. The van der Waals surface area contributed by atoms with Gasteiger partial charge in [0.2, 0.25) is 0 Å². The first kappa shape index (κ1) is 15.4. The minimum absolute atomic E-state index is 0.283. The van der Waals surface area contributed by atoms with Crippen molar-refractivity contribution in [3.05, 3.63) is 29.8 Å².